The van der Waals surface area contributed by atoms with Crippen molar-refractivity contribution in [2.75, 3.05) is 31.2 Å². The maximum atomic E-state index is 11.3. The molecule has 4 nitrogen and oxygen atoms in total. The van der Waals surface area contributed by atoms with Gasteiger partial charge < -0.3 is 14.7 Å². The zero-order valence-corrected chi connectivity index (χ0v) is 11.3. The molecular formula is C14H21NO3. The minimum atomic E-state index is -0.886. The molecule has 1 N–H and O–H groups in total. The van der Waals surface area contributed by atoms with Gasteiger partial charge in [-0.15, -0.1) is 0 Å². The first-order valence-corrected chi connectivity index (χ1v) is 6.26. The minimum Gasteiger partial charge on any atom is -0.478 e. The SMILES string of the molecule is CCOCCN(CC)c1ccc(C)cc1C(=O)O. The zero-order chi connectivity index (χ0) is 13.5. The van der Waals surface area contributed by atoms with Crippen LogP contribution in [0.15, 0.2) is 18.2 Å². The number of carbonyl (C=O) groups is 1. The van der Waals surface area contributed by atoms with Crippen LogP contribution in [0.25, 0.3) is 0 Å². The summed E-state index contributed by atoms with van der Waals surface area (Å²) >= 11 is 0. The molecule has 0 aromatic heterocycles. The highest BCUT2D eigenvalue weighted by Gasteiger charge is 2.14. The number of aryl methyl sites for hydroxylation is 1. The molecule has 0 spiro atoms. The second kappa shape index (κ2) is 7.01. The molecule has 0 saturated heterocycles. The third-order valence-electron chi connectivity index (χ3n) is 2.81. The Balaban J connectivity index is 2.93. The maximum Gasteiger partial charge on any atom is 0.337 e. The van der Waals surface area contributed by atoms with Crippen molar-refractivity contribution in [2.24, 2.45) is 0 Å². The van der Waals surface area contributed by atoms with Crippen molar-refractivity contribution < 1.29 is 14.6 Å². The van der Waals surface area contributed by atoms with E-state index < -0.39 is 5.97 Å². The van der Waals surface area contributed by atoms with Gasteiger partial charge in [0, 0.05) is 19.7 Å². The van der Waals surface area contributed by atoms with Crippen LogP contribution in [0.4, 0.5) is 5.69 Å². The third kappa shape index (κ3) is 3.74. The van der Waals surface area contributed by atoms with E-state index in [1.54, 1.807) is 6.07 Å². The number of anilines is 1. The van der Waals surface area contributed by atoms with Gasteiger partial charge in [-0.05, 0) is 32.9 Å². The van der Waals surface area contributed by atoms with Crippen molar-refractivity contribution >= 4 is 11.7 Å². The number of benzene rings is 1. The fourth-order valence-electron chi connectivity index (χ4n) is 1.86. The number of hydrogen-bond donors (Lipinski definition) is 1. The molecule has 100 valence electrons. The standard InChI is InChI=1S/C14H21NO3/c1-4-15(8-9-18-5-2)13-7-6-11(3)10-12(13)14(16)17/h6-7,10H,4-5,8-9H2,1-3H3,(H,16,17). The van der Waals surface area contributed by atoms with Gasteiger partial charge >= 0.3 is 5.97 Å². The summed E-state index contributed by atoms with van der Waals surface area (Å²) in [4.78, 5) is 13.3. The van der Waals surface area contributed by atoms with E-state index in [0.717, 1.165) is 17.8 Å². The average Bonchev–Trinajstić information content (AvgIpc) is 2.35. The molecule has 0 bridgehead atoms. The number of aromatic carboxylic acids is 1. The van der Waals surface area contributed by atoms with E-state index in [9.17, 15) is 9.90 Å². The predicted octanol–water partition coefficient (Wildman–Crippen LogP) is 2.56. The lowest BCUT2D eigenvalue weighted by molar-refractivity contribution is 0.0697. The molecule has 0 atom stereocenters. The number of nitrogens with zero attached hydrogens (tertiary/aromatic N) is 1. The van der Waals surface area contributed by atoms with Crippen LogP contribution in [0, 0.1) is 6.92 Å². The van der Waals surface area contributed by atoms with Crippen LogP contribution in [0.3, 0.4) is 0 Å². The van der Waals surface area contributed by atoms with E-state index >= 15 is 0 Å². The van der Waals surface area contributed by atoms with Gasteiger partial charge in [-0.2, -0.15) is 0 Å². The molecule has 0 aliphatic rings. The summed E-state index contributed by atoms with van der Waals surface area (Å²) < 4.78 is 5.32. The third-order valence-corrected chi connectivity index (χ3v) is 2.81. The summed E-state index contributed by atoms with van der Waals surface area (Å²) in [6, 6.07) is 5.51. The van der Waals surface area contributed by atoms with Crippen LogP contribution in [0.1, 0.15) is 29.8 Å². The summed E-state index contributed by atoms with van der Waals surface area (Å²) in [5.74, 6) is -0.886. The van der Waals surface area contributed by atoms with Crippen molar-refractivity contribution in [1.29, 1.82) is 0 Å². The summed E-state index contributed by atoms with van der Waals surface area (Å²) in [6.07, 6.45) is 0. The summed E-state index contributed by atoms with van der Waals surface area (Å²) in [6.45, 7) is 8.60. The Morgan fingerprint density at radius 3 is 2.67 bits per heavy atom. The first-order valence-electron chi connectivity index (χ1n) is 6.26. The van der Waals surface area contributed by atoms with Gasteiger partial charge in [-0.1, -0.05) is 11.6 Å². The Labute approximate surface area is 108 Å². The molecule has 18 heavy (non-hydrogen) atoms. The summed E-state index contributed by atoms with van der Waals surface area (Å²) in [5.41, 5.74) is 2.07. The number of carboxylic acid groups (broad SMARTS) is 1. The van der Waals surface area contributed by atoms with Gasteiger partial charge in [0.1, 0.15) is 0 Å². The Morgan fingerprint density at radius 1 is 1.39 bits per heavy atom. The van der Waals surface area contributed by atoms with E-state index in [0.29, 0.717) is 25.3 Å². The minimum absolute atomic E-state index is 0.355. The number of hydrogen-bond acceptors (Lipinski definition) is 3. The number of likely N-dealkylation sites (N-methyl/N-ethyl adjacent to an activating group) is 1. The van der Waals surface area contributed by atoms with Crippen LogP contribution >= 0.6 is 0 Å². The van der Waals surface area contributed by atoms with E-state index in [-0.39, 0.29) is 0 Å². The van der Waals surface area contributed by atoms with Gasteiger partial charge in [-0.3, -0.25) is 0 Å². The van der Waals surface area contributed by atoms with Crippen molar-refractivity contribution in [2.45, 2.75) is 20.8 Å². The molecule has 0 saturated carbocycles. The number of ether oxygens (including phenoxy) is 1. The quantitative estimate of drug-likeness (QED) is 0.757. The number of carboxylic acids is 1. The van der Waals surface area contributed by atoms with Crippen molar-refractivity contribution in [3.05, 3.63) is 29.3 Å². The summed E-state index contributed by atoms with van der Waals surface area (Å²) in [5, 5.41) is 9.25. The second-order valence-corrected chi connectivity index (χ2v) is 4.10. The molecule has 0 amide bonds. The van der Waals surface area contributed by atoms with Crippen LogP contribution in [-0.2, 0) is 4.74 Å². The van der Waals surface area contributed by atoms with Crippen LogP contribution in [-0.4, -0.2) is 37.4 Å². The van der Waals surface area contributed by atoms with E-state index in [1.807, 2.05) is 37.8 Å². The first-order chi connectivity index (χ1) is 8.60. The normalized spacial score (nSPS) is 10.4. The highest BCUT2D eigenvalue weighted by atomic mass is 16.5. The molecule has 1 rings (SSSR count). The van der Waals surface area contributed by atoms with Gasteiger partial charge in [0.05, 0.1) is 17.9 Å². The van der Waals surface area contributed by atoms with Crippen molar-refractivity contribution in [3.63, 3.8) is 0 Å². The lowest BCUT2D eigenvalue weighted by Gasteiger charge is -2.24. The van der Waals surface area contributed by atoms with Gasteiger partial charge in [0.15, 0.2) is 0 Å². The fraction of sp³-hybridized carbons (Fsp3) is 0.500. The van der Waals surface area contributed by atoms with Crippen molar-refractivity contribution in [1.82, 2.24) is 0 Å². The van der Waals surface area contributed by atoms with Crippen LogP contribution in [0.2, 0.25) is 0 Å². The highest BCUT2D eigenvalue weighted by molar-refractivity contribution is 5.94. The predicted molar refractivity (Wildman–Crippen MR) is 72.5 cm³/mol. The van der Waals surface area contributed by atoms with E-state index in [4.69, 9.17) is 4.74 Å². The molecule has 0 heterocycles. The second-order valence-electron chi connectivity index (χ2n) is 4.10. The Morgan fingerprint density at radius 2 is 2.11 bits per heavy atom. The van der Waals surface area contributed by atoms with Gasteiger partial charge in [0.25, 0.3) is 0 Å². The van der Waals surface area contributed by atoms with Gasteiger partial charge in [0.2, 0.25) is 0 Å². The van der Waals surface area contributed by atoms with E-state index in [1.165, 1.54) is 0 Å². The zero-order valence-electron chi connectivity index (χ0n) is 11.3. The molecule has 0 fully saturated rings. The van der Waals surface area contributed by atoms with Crippen LogP contribution < -0.4 is 4.90 Å². The molecule has 0 aliphatic carbocycles. The highest BCUT2D eigenvalue weighted by Crippen LogP contribution is 2.21. The van der Waals surface area contributed by atoms with Gasteiger partial charge in [-0.25, -0.2) is 4.79 Å². The molecule has 1 aromatic carbocycles. The Bertz CT molecular complexity index is 404. The summed E-state index contributed by atoms with van der Waals surface area (Å²) in [7, 11) is 0. The Kier molecular flexibility index (Phi) is 5.65. The molecular weight excluding hydrogens is 230 g/mol. The molecule has 0 aliphatic heterocycles. The molecule has 4 heteroatoms. The lowest BCUT2D eigenvalue weighted by atomic mass is 10.1. The topological polar surface area (TPSA) is 49.8 Å². The maximum absolute atomic E-state index is 11.3. The Hall–Kier alpha value is -1.55. The smallest absolute Gasteiger partial charge is 0.337 e. The number of rotatable bonds is 7. The first kappa shape index (κ1) is 14.5. The molecule has 0 unspecified atom stereocenters. The van der Waals surface area contributed by atoms with Crippen molar-refractivity contribution in [3.8, 4) is 0 Å². The monoisotopic (exact) mass is 251 g/mol. The lowest BCUT2D eigenvalue weighted by Crippen LogP contribution is -2.28. The molecule has 0 radical (unpaired) electrons. The average molecular weight is 251 g/mol. The van der Waals surface area contributed by atoms with E-state index in [2.05, 4.69) is 0 Å². The molecule has 1 aromatic rings. The van der Waals surface area contributed by atoms with Crippen LogP contribution in [0.5, 0.6) is 0 Å². The largest absolute Gasteiger partial charge is 0.478 e. The fourth-order valence-corrected chi connectivity index (χ4v) is 1.86.